The van der Waals surface area contributed by atoms with E-state index in [9.17, 15) is 29.4 Å². The Morgan fingerprint density at radius 2 is 1.29 bits per heavy atom. The minimum atomic E-state index is -2.43. The molecule has 0 bridgehead atoms. The maximum atomic E-state index is 14.6. The SMILES string of the molecule is CN(C)CCCNC(=O)C1C(C(=O)O)=c2c(C(=O)O)cc(Cl)c3c2c(c2c(Cl)ccc4ccc(Cl)c3c42)C1(Cl)C(=O)NCCCN(C)C. The van der Waals surface area contributed by atoms with Gasteiger partial charge >= 0.3 is 11.9 Å². The first-order valence-electron chi connectivity index (χ1n) is 15.2. The summed E-state index contributed by atoms with van der Waals surface area (Å²) >= 11 is 28.2. The van der Waals surface area contributed by atoms with Crippen molar-refractivity contribution in [1.29, 1.82) is 0 Å². The van der Waals surface area contributed by atoms with Crippen molar-refractivity contribution in [3.63, 3.8) is 0 Å². The zero-order valence-corrected chi connectivity index (χ0v) is 29.7. The molecule has 4 aromatic rings. The van der Waals surface area contributed by atoms with Gasteiger partial charge in [-0.1, -0.05) is 46.9 Å². The molecule has 0 heterocycles. The van der Waals surface area contributed by atoms with Crippen molar-refractivity contribution in [1.82, 2.24) is 20.4 Å². The van der Waals surface area contributed by atoms with E-state index in [1.54, 1.807) is 24.3 Å². The van der Waals surface area contributed by atoms with Gasteiger partial charge in [0, 0.05) is 60.5 Å². The molecule has 4 aromatic carbocycles. The topological polar surface area (TPSA) is 139 Å². The number of carboxylic acids is 2. The van der Waals surface area contributed by atoms with Crippen LogP contribution >= 0.6 is 46.4 Å². The van der Waals surface area contributed by atoms with Gasteiger partial charge in [-0.2, -0.15) is 0 Å². The van der Waals surface area contributed by atoms with E-state index >= 15 is 0 Å². The Balaban J connectivity index is 2.00. The third kappa shape index (κ3) is 6.03. The van der Waals surface area contributed by atoms with Crippen molar-refractivity contribution >= 4 is 108 Å². The summed E-state index contributed by atoms with van der Waals surface area (Å²) in [5.74, 6) is -6.74. The van der Waals surface area contributed by atoms with Crippen molar-refractivity contribution in [2.24, 2.45) is 5.92 Å². The Hall–Kier alpha value is -3.38. The highest BCUT2D eigenvalue weighted by Crippen LogP contribution is 2.54. The highest BCUT2D eigenvalue weighted by molar-refractivity contribution is 6.50. The van der Waals surface area contributed by atoms with Gasteiger partial charge in [0.1, 0.15) is 5.92 Å². The van der Waals surface area contributed by atoms with Crippen molar-refractivity contribution in [2.75, 3.05) is 54.4 Å². The van der Waals surface area contributed by atoms with Crippen LogP contribution in [0.5, 0.6) is 0 Å². The van der Waals surface area contributed by atoms with Crippen LogP contribution in [-0.4, -0.2) is 98.1 Å². The lowest BCUT2D eigenvalue weighted by Gasteiger charge is -2.39. The Labute approximate surface area is 296 Å². The molecule has 0 fully saturated rings. The third-order valence-electron chi connectivity index (χ3n) is 8.64. The molecule has 14 heteroatoms. The largest absolute Gasteiger partial charge is 0.478 e. The average molecular weight is 736 g/mol. The molecule has 254 valence electrons. The first-order valence-corrected chi connectivity index (χ1v) is 16.7. The van der Waals surface area contributed by atoms with Crippen molar-refractivity contribution in [3.05, 3.63) is 61.7 Å². The predicted octanol–water partition coefficient (Wildman–Crippen LogP) is 4.96. The Bertz CT molecular complexity index is 2060. The van der Waals surface area contributed by atoms with Crippen LogP contribution in [-0.2, 0) is 19.3 Å². The summed E-state index contributed by atoms with van der Waals surface area (Å²) in [7, 11) is 7.49. The fraction of sp³-hybridized carbons (Fsp3) is 0.353. The van der Waals surface area contributed by atoms with E-state index in [0.717, 1.165) is 6.07 Å². The number of carbonyl (C=O) groups is 4. The van der Waals surface area contributed by atoms with Crippen LogP contribution in [0.1, 0.15) is 28.8 Å². The number of carboxylic acid groups (broad SMARTS) is 2. The number of aliphatic carboxylic acids is 1. The van der Waals surface area contributed by atoms with Gasteiger partial charge in [0.15, 0.2) is 4.87 Å². The molecule has 2 unspecified atom stereocenters. The maximum absolute atomic E-state index is 14.6. The summed E-state index contributed by atoms with van der Waals surface area (Å²) in [4.78, 5) is 56.5. The van der Waals surface area contributed by atoms with Crippen molar-refractivity contribution in [3.8, 4) is 0 Å². The van der Waals surface area contributed by atoms with Gasteiger partial charge in [0.05, 0.1) is 11.1 Å². The maximum Gasteiger partial charge on any atom is 0.336 e. The van der Waals surface area contributed by atoms with E-state index in [0.29, 0.717) is 42.1 Å². The summed E-state index contributed by atoms with van der Waals surface area (Å²) in [6.45, 7) is 1.51. The lowest BCUT2D eigenvalue weighted by atomic mass is 9.69. The van der Waals surface area contributed by atoms with Crippen molar-refractivity contribution < 1.29 is 29.4 Å². The summed E-state index contributed by atoms with van der Waals surface area (Å²) in [5.41, 5.74) is -1.16. The second-order valence-electron chi connectivity index (χ2n) is 12.4. The van der Waals surface area contributed by atoms with Gasteiger partial charge in [0.25, 0.3) is 0 Å². The molecule has 1 aliphatic carbocycles. The van der Waals surface area contributed by atoms with Gasteiger partial charge < -0.3 is 30.6 Å². The molecule has 0 saturated carbocycles. The quantitative estimate of drug-likeness (QED) is 0.0694. The Kier molecular flexibility index (Phi) is 10.4. The predicted molar refractivity (Wildman–Crippen MR) is 191 cm³/mol. The zero-order chi connectivity index (χ0) is 35.2. The number of hydrogen-bond acceptors (Lipinski definition) is 6. The number of hydrogen-bond donors (Lipinski definition) is 4. The lowest BCUT2D eigenvalue weighted by Crippen LogP contribution is -2.56. The second-order valence-corrected chi connectivity index (χ2v) is 14.2. The number of aromatic carboxylic acids is 1. The summed E-state index contributed by atoms with van der Waals surface area (Å²) in [6, 6.07) is 7.86. The van der Waals surface area contributed by atoms with Crippen LogP contribution in [0.4, 0.5) is 0 Å². The van der Waals surface area contributed by atoms with Crippen LogP contribution in [0.15, 0.2) is 30.3 Å². The number of nitrogens with one attached hydrogen (secondary N) is 2. The Morgan fingerprint density at radius 1 is 0.750 bits per heavy atom. The molecule has 1 aliphatic rings. The van der Waals surface area contributed by atoms with Crippen molar-refractivity contribution in [2.45, 2.75) is 17.7 Å². The van der Waals surface area contributed by atoms with Gasteiger partial charge in [0.2, 0.25) is 11.8 Å². The molecule has 0 saturated heterocycles. The minimum Gasteiger partial charge on any atom is -0.478 e. The van der Waals surface area contributed by atoms with Crippen LogP contribution in [0.25, 0.3) is 37.9 Å². The minimum absolute atomic E-state index is 0.0203. The highest BCUT2D eigenvalue weighted by atomic mass is 35.5. The molecule has 5 rings (SSSR count). The molecule has 10 nitrogen and oxygen atoms in total. The van der Waals surface area contributed by atoms with Gasteiger partial charge in [-0.3, -0.25) is 9.59 Å². The van der Waals surface area contributed by atoms with E-state index in [4.69, 9.17) is 46.4 Å². The van der Waals surface area contributed by atoms with Crippen LogP contribution in [0.2, 0.25) is 15.1 Å². The van der Waals surface area contributed by atoms with Crippen LogP contribution in [0.3, 0.4) is 0 Å². The molecule has 2 atom stereocenters. The normalized spacial score (nSPS) is 17.5. The number of benzene rings is 4. The highest BCUT2D eigenvalue weighted by Gasteiger charge is 2.57. The summed E-state index contributed by atoms with van der Waals surface area (Å²) in [6.07, 6.45) is 1.02. The summed E-state index contributed by atoms with van der Waals surface area (Å²) in [5, 5.41) is 28.7. The van der Waals surface area contributed by atoms with E-state index in [2.05, 4.69) is 10.6 Å². The lowest BCUT2D eigenvalue weighted by molar-refractivity contribution is -0.135. The number of rotatable bonds is 12. The number of carbonyl (C=O) groups excluding carboxylic acids is 2. The number of fused-ring (bicyclic) bond motifs is 2. The summed E-state index contributed by atoms with van der Waals surface area (Å²) < 4.78 is 0. The number of amides is 2. The molecule has 0 aromatic heterocycles. The molecule has 0 radical (unpaired) electrons. The number of halogens is 4. The fourth-order valence-electron chi connectivity index (χ4n) is 6.65. The third-order valence-corrected chi connectivity index (χ3v) is 10.1. The first kappa shape index (κ1) is 35.9. The Morgan fingerprint density at radius 3 is 1.83 bits per heavy atom. The zero-order valence-electron chi connectivity index (χ0n) is 26.6. The monoisotopic (exact) mass is 734 g/mol. The van der Waals surface area contributed by atoms with E-state index in [-0.39, 0.29) is 55.1 Å². The first-order chi connectivity index (χ1) is 22.6. The molecular formula is C34H34Cl4N4O6. The van der Waals surface area contributed by atoms with E-state index in [1.807, 2.05) is 38.0 Å². The molecule has 0 aliphatic heterocycles. The van der Waals surface area contributed by atoms with Gasteiger partial charge in [-0.25, -0.2) is 9.59 Å². The number of alkyl halides is 1. The van der Waals surface area contributed by atoms with Crippen LogP contribution in [0, 0.1) is 5.92 Å². The smallest absolute Gasteiger partial charge is 0.336 e. The molecular weight excluding hydrogens is 702 g/mol. The van der Waals surface area contributed by atoms with E-state index in [1.165, 1.54) is 0 Å². The molecule has 48 heavy (non-hydrogen) atoms. The fourth-order valence-corrected chi connectivity index (χ4v) is 7.91. The molecule has 0 spiro atoms. The molecule has 4 N–H and O–H groups in total. The van der Waals surface area contributed by atoms with E-state index < -0.39 is 45.7 Å². The van der Waals surface area contributed by atoms with Gasteiger partial charge in [-0.15, -0.1) is 11.6 Å². The second kappa shape index (κ2) is 13.9. The van der Waals surface area contributed by atoms with Gasteiger partial charge in [-0.05, 0) is 83.1 Å². The molecule has 2 amide bonds. The number of nitrogens with zero attached hydrogens (tertiary/aromatic N) is 2. The average Bonchev–Trinajstić information content (AvgIpc) is 3.01. The van der Waals surface area contributed by atoms with Crippen LogP contribution < -0.4 is 15.9 Å². The standard InChI is InChI=1S/C34H34Cl4N4O6/c1-41(2)13-5-11-39-30(43)29-27(32(46)47)22-17(31(44)45)15-20(37)24-23-18(35)9-7-16-8-10-19(36)25(21(16)23)28(26(22)24)34(29,38)33(48)40-12-6-14-42(3)4/h7-10,15,29H,5-6,11-14H2,1-4H3,(H,39,43)(H,40,48)(H,44,45)(H,46,47).